The second-order valence-corrected chi connectivity index (χ2v) is 3.03. The summed E-state index contributed by atoms with van der Waals surface area (Å²) in [6.07, 6.45) is 3.73. The summed E-state index contributed by atoms with van der Waals surface area (Å²) in [6.45, 7) is 1.33. The maximum atomic E-state index is 11.1. The number of nitrogens with zero attached hydrogens (tertiary/aromatic N) is 1. The molecule has 0 unspecified atom stereocenters. The van der Waals surface area contributed by atoms with Crippen molar-refractivity contribution in [3.63, 3.8) is 0 Å². The van der Waals surface area contributed by atoms with E-state index in [2.05, 4.69) is 5.32 Å². The van der Waals surface area contributed by atoms with Crippen molar-refractivity contribution >= 4 is 5.91 Å². The Labute approximate surface area is 60.4 Å². The first-order chi connectivity index (χ1) is 4.88. The summed E-state index contributed by atoms with van der Waals surface area (Å²) in [4.78, 5) is 13.0. The zero-order valence-corrected chi connectivity index (χ0v) is 5.97. The highest BCUT2D eigenvalue weighted by atomic mass is 16.2. The minimum Gasteiger partial charge on any atom is -0.326 e. The van der Waals surface area contributed by atoms with Gasteiger partial charge in [0.15, 0.2) is 0 Å². The lowest BCUT2D eigenvalue weighted by molar-refractivity contribution is -0.130. The van der Waals surface area contributed by atoms with Crippen LogP contribution in [0.15, 0.2) is 0 Å². The first-order valence-electron chi connectivity index (χ1n) is 3.88. The topological polar surface area (TPSA) is 32.3 Å². The molecule has 1 amide bonds. The van der Waals surface area contributed by atoms with E-state index in [4.69, 9.17) is 0 Å². The van der Waals surface area contributed by atoms with Crippen LogP contribution in [0, 0.1) is 0 Å². The molecule has 1 aliphatic carbocycles. The number of rotatable bonds is 1. The molecule has 1 saturated heterocycles. The van der Waals surface area contributed by atoms with E-state index >= 15 is 0 Å². The molecule has 0 radical (unpaired) electrons. The maximum absolute atomic E-state index is 11.1. The van der Waals surface area contributed by atoms with Gasteiger partial charge in [0.25, 0.3) is 0 Å². The van der Waals surface area contributed by atoms with Gasteiger partial charge in [-0.25, -0.2) is 0 Å². The highest BCUT2D eigenvalue weighted by Crippen LogP contribution is 2.25. The van der Waals surface area contributed by atoms with Gasteiger partial charge in [-0.05, 0) is 19.3 Å². The lowest BCUT2D eigenvalue weighted by Crippen LogP contribution is -2.41. The summed E-state index contributed by atoms with van der Waals surface area (Å²) < 4.78 is 0. The molecule has 1 saturated carbocycles. The number of nitrogens with one attached hydrogen (secondary N) is 1. The summed E-state index contributed by atoms with van der Waals surface area (Å²) >= 11 is 0. The second kappa shape index (κ2) is 2.23. The molecule has 1 aliphatic heterocycles. The largest absolute Gasteiger partial charge is 0.326 e. The normalized spacial score (nSPS) is 27.2. The van der Waals surface area contributed by atoms with Crippen LogP contribution < -0.4 is 5.32 Å². The van der Waals surface area contributed by atoms with Crippen LogP contribution in [0.25, 0.3) is 0 Å². The Morgan fingerprint density at radius 3 is 2.70 bits per heavy atom. The molecule has 10 heavy (non-hydrogen) atoms. The van der Waals surface area contributed by atoms with E-state index in [1.807, 2.05) is 4.90 Å². The van der Waals surface area contributed by atoms with Crippen LogP contribution in [0.4, 0.5) is 0 Å². The van der Waals surface area contributed by atoms with Crippen molar-refractivity contribution in [2.24, 2.45) is 0 Å². The number of hydrogen-bond acceptors (Lipinski definition) is 2. The number of hydrogen-bond donors (Lipinski definition) is 1. The molecular formula is C7H12N2O. The van der Waals surface area contributed by atoms with Gasteiger partial charge in [0, 0.05) is 6.04 Å². The van der Waals surface area contributed by atoms with E-state index in [0.29, 0.717) is 12.6 Å². The molecule has 2 fully saturated rings. The van der Waals surface area contributed by atoms with Crippen LogP contribution in [0.2, 0.25) is 0 Å². The summed E-state index contributed by atoms with van der Waals surface area (Å²) in [6, 6.07) is 0.572. The molecule has 0 aromatic carbocycles. The highest BCUT2D eigenvalue weighted by molar-refractivity contribution is 5.80. The van der Waals surface area contributed by atoms with Crippen LogP contribution in [-0.2, 0) is 4.79 Å². The smallest absolute Gasteiger partial charge is 0.237 e. The SMILES string of the molecule is O=C1CNCN1C1CCC1. The Kier molecular flexibility index (Phi) is 1.38. The van der Waals surface area contributed by atoms with Crippen molar-refractivity contribution in [2.45, 2.75) is 25.3 Å². The van der Waals surface area contributed by atoms with E-state index in [1.54, 1.807) is 0 Å². The Morgan fingerprint density at radius 2 is 2.30 bits per heavy atom. The molecule has 2 rings (SSSR count). The molecule has 0 bridgehead atoms. The first-order valence-corrected chi connectivity index (χ1v) is 3.88. The van der Waals surface area contributed by atoms with Crippen LogP contribution in [0.1, 0.15) is 19.3 Å². The fourth-order valence-corrected chi connectivity index (χ4v) is 1.50. The summed E-state index contributed by atoms with van der Waals surface area (Å²) in [7, 11) is 0. The Morgan fingerprint density at radius 1 is 1.50 bits per heavy atom. The Hall–Kier alpha value is -0.570. The lowest BCUT2D eigenvalue weighted by Gasteiger charge is -2.33. The molecule has 3 nitrogen and oxygen atoms in total. The van der Waals surface area contributed by atoms with Crippen molar-refractivity contribution in [3.8, 4) is 0 Å². The molecule has 3 heteroatoms. The van der Waals surface area contributed by atoms with Crippen molar-refractivity contribution in [1.82, 2.24) is 10.2 Å². The second-order valence-electron chi connectivity index (χ2n) is 3.03. The molecule has 0 aromatic rings. The van der Waals surface area contributed by atoms with Gasteiger partial charge >= 0.3 is 0 Å². The van der Waals surface area contributed by atoms with Gasteiger partial charge in [-0.15, -0.1) is 0 Å². The molecule has 1 heterocycles. The number of carbonyl (C=O) groups excluding carboxylic acids is 1. The van der Waals surface area contributed by atoms with Crippen molar-refractivity contribution in [3.05, 3.63) is 0 Å². The van der Waals surface area contributed by atoms with Gasteiger partial charge < -0.3 is 4.90 Å². The fourth-order valence-electron chi connectivity index (χ4n) is 1.50. The lowest BCUT2D eigenvalue weighted by atomic mass is 9.92. The minimum absolute atomic E-state index is 0.282. The van der Waals surface area contributed by atoms with Crippen LogP contribution >= 0.6 is 0 Å². The molecule has 56 valence electrons. The molecule has 0 spiro atoms. The van der Waals surface area contributed by atoms with E-state index in [0.717, 1.165) is 6.67 Å². The molecule has 2 aliphatic rings. The van der Waals surface area contributed by atoms with Gasteiger partial charge in [0.05, 0.1) is 13.2 Å². The van der Waals surface area contributed by atoms with Gasteiger partial charge in [-0.2, -0.15) is 0 Å². The molecular weight excluding hydrogens is 128 g/mol. The zero-order chi connectivity index (χ0) is 6.97. The average Bonchev–Trinajstić information content (AvgIpc) is 2.12. The van der Waals surface area contributed by atoms with Gasteiger partial charge in [0.1, 0.15) is 0 Å². The van der Waals surface area contributed by atoms with E-state index < -0.39 is 0 Å². The summed E-state index contributed by atoms with van der Waals surface area (Å²) in [5.41, 5.74) is 0. The van der Waals surface area contributed by atoms with Crippen LogP contribution in [0.5, 0.6) is 0 Å². The van der Waals surface area contributed by atoms with E-state index in [9.17, 15) is 4.79 Å². The minimum atomic E-state index is 0.282. The number of carbonyl (C=O) groups is 1. The predicted molar refractivity (Wildman–Crippen MR) is 37.4 cm³/mol. The number of amides is 1. The molecule has 1 N–H and O–H groups in total. The van der Waals surface area contributed by atoms with Crippen molar-refractivity contribution in [2.75, 3.05) is 13.2 Å². The molecule has 0 aromatic heterocycles. The Bertz CT molecular complexity index is 154. The Balaban J connectivity index is 1.96. The van der Waals surface area contributed by atoms with E-state index in [1.165, 1.54) is 19.3 Å². The first kappa shape index (κ1) is 6.16. The van der Waals surface area contributed by atoms with Gasteiger partial charge in [-0.3, -0.25) is 10.1 Å². The summed E-state index contributed by atoms with van der Waals surface area (Å²) in [5, 5.41) is 3.05. The van der Waals surface area contributed by atoms with E-state index in [-0.39, 0.29) is 5.91 Å². The average molecular weight is 140 g/mol. The zero-order valence-electron chi connectivity index (χ0n) is 5.97. The highest BCUT2D eigenvalue weighted by Gasteiger charge is 2.31. The molecule has 0 atom stereocenters. The predicted octanol–water partition coefficient (Wildman–Crippen LogP) is -0.0718. The third-order valence-corrected chi connectivity index (χ3v) is 2.39. The standard InChI is InChI=1S/C7H12N2O/c10-7-4-8-5-9(7)6-2-1-3-6/h6,8H,1-5H2. The van der Waals surface area contributed by atoms with Gasteiger partial charge in [0.2, 0.25) is 5.91 Å². The quantitative estimate of drug-likeness (QED) is 0.553. The fraction of sp³-hybridized carbons (Fsp3) is 0.857. The monoisotopic (exact) mass is 140 g/mol. The third kappa shape index (κ3) is 0.814. The van der Waals surface area contributed by atoms with Crippen LogP contribution in [-0.4, -0.2) is 30.1 Å². The third-order valence-electron chi connectivity index (χ3n) is 2.39. The maximum Gasteiger partial charge on any atom is 0.237 e. The van der Waals surface area contributed by atoms with Gasteiger partial charge in [-0.1, -0.05) is 0 Å². The van der Waals surface area contributed by atoms with Crippen molar-refractivity contribution in [1.29, 1.82) is 0 Å². The van der Waals surface area contributed by atoms with Crippen LogP contribution in [0.3, 0.4) is 0 Å². The van der Waals surface area contributed by atoms with Crippen molar-refractivity contribution < 1.29 is 4.79 Å². The summed E-state index contributed by atoms with van der Waals surface area (Å²) in [5.74, 6) is 0.282.